The number of thiazole rings is 1. The molecule has 0 saturated carbocycles. The Hall–Kier alpha value is -2.28. The maximum Gasteiger partial charge on any atom is 0.356 e. The minimum atomic E-state index is -1.36. The Bertz CT molecular complexity index is 548. The van der Waals surface area contributed by atoms with Gasteiger partial charge >= 0.3 is 11.9 Å². The molecule has 0 radical (unpaired) electrons. The number of carboxylic acids is 2. The van der Waals surface area contributed by atoms with Crippen molar-refractivity contribution in [1.82, 2.24) is 9.97 Å². The van der Waals surface area contributed by atoms with Crippen LogP contribution in [-0.2, 0) is 0 Å². The van der Waals surface area contributed by atoms with E-state index in [2.05, 4.69) is 9.97 Å². The molecule has 6 nitrogen and oxygen atoms in total. The first kappa shape index (κ1) is 11.2. The number of hydrogen-bond acceptors (Lipinski definition) is 5. The van der Waals surface area contributed by atoms with Gasteiger partial charge in [-0.15, -0.1) is 11.3 Å². The molecule has 2 heterocycles. The predicted molar refractivity (Wildman–Crippen MR) is 59.3 cm³/mol. The lowest BCUT2D eigenvalue weighted by atomic mass is 10.3. The molecule has 2 aromatic heterocycles. The van der Waals surface area contributed by atoms with E-state index in [9.17, 15) is 9.59 Å². The van der Waals surface area contributed by atoms with Crippen molar-refractivity contribution in [3.8, 4) is 10.7 Å². The van der Waals surface area contributed by atoms with E-state index in [1.165, 1.54) is 6.20 Å². The molecule has 0 aliphatic heterocycles. The Morgan fingerprint density at radius 2 is 1.94 bits per heavy atom. The van der Waals surface area contributed by atoms with Gasteiger partial charge in [0.25, 0.3) is 0 Å². The van der Waals surface area contributed by atoms with Crippen molar-refractivity contribution in [2.45, 2.75) is 0 Å². The van der Waals surface area contributed by atoms with Crippen LogP contribution in [0.25, 0.3) is 10.7 Å². The normalized spacial score (nSPS) is 10.1. The standard InChI is InChI=1S/C10H6N2O4S/c13-9(14)6-7(10(15)16)17-8(12-6)5-3-1-2-4-11-5/h1-4H,(H,13,14)(H,15,16). The van der Waals surface area contributed by atoms with Gasteiger partial charge in [0.2, 0.25) is 0 Å². The molecular weight excluding hydrogens is 244 g/mol. The molecular formula is C10H6N2O4S. The summed E-state index contributed by atoms with van der Waals surface area (Å²) < 4.78 is 0. The highest BCUT2D eigenvalue weighted by Gasteiger charge is 2.23. The molecule has 0 aromatic carbocycles. The average molecular weight is 250 g/mol. The van der Waals surface area contributed by atoms with Gasteiger partial charge in [0.1, 0.15) is 9.88 Å². The quantitative estimate of drug-likeness (QED) is 0.858. The van der Waals surface area contributed by atoms with Crippen molar-refractivity contribution in [1.29, 1.82) is 0 Å². The second kappa shape index (κ2) is 4.30. The number of aromatic nitrogens is 2. The molecule has 0 unspecified atom stereocenters. The third-order valence-electron chi connectivity index (χ3n) is 1.91. The van der Waals surface area contributed by atoms with Crippen LogP contribution in [-0.4, -0.2) is 32.1 Å². The summed E-state index contributed by atoms with van der Waals surface area (Å²) in [5, 5.41) is 18.0. The Labute approximate surface area is 99.2 Å². The van der Waals surface area contributed by atoms with Crippen LogP contribution in [0, 0.1) is 0 Å². The maximum atomic E-state index is 10.9. The first-order valence-electron chi connectivity index (χ1n) is 4.48. The lowest BCUT2D eigenvalue weighted by Gasteiger charge is -1.91. The van der Waals surface area contributed by atoms with Gasteiger partial charge < -0.3 is 10.2 Å². The summed E-state index contributed by atoms with van der Waals surface area (Å²) in [5.41, 5.74) is -0.00402. The number of carboxylic acid groups (broad SMARTS) is 2. The van der Waals surface area contributed by atoms with Crippen molar-refractivity contribution in [2.75, 3.05) is 0 Å². The lowest BCUT2D eigenvalue weighted by Crippen LogP contribution is -2.05. The minimum absolute atomic E-state index is 0.278. The van der Waals surface area contributed by atoms with Crippen molar-refractivity contribution < 1.29 is 19.8 Å². The van der Waals surface area contributed by atoms with Crippen LogP contribution in [0.2, 0.25) is 0 Å². The van der Waals surface area contributed by atoms with Crippen LogP contribution >= 0.6 is 11.3 Å². The summed E-state index contributed by atoms with van der Waals surface area (Å²) in [6, 6.07) is 5.05. The zero-order valence-corrected chi connectivity index (χ0v) is 9.14. The number of nitrogens with zero attached hydrogens (tertiary/aromatic N) is 2. The maximum absolute atomic E-state index is 10.9. The van der Waals surface area contributed by atoms with Gasteiger partial charge in [0.05, 0.1) is 5.69 Å². The van der Waals surface area contributed by atoms with Gasteiger partial charge in [0, 0.05) is 6.20 Å². The predicted octanol–water partition coefficient (Wildman–Crippen LogP) is 1.60. The minimum Gasteiger partial charge on any atom is -0.477 e. The van der Waals surface area contributed by atoms with E-state index in [1.54, 1.807) is 18.2 Å². The van der Waals surface area contributed by atoms with E-state index < -0.39 is 17.6 Å². The Morgan fingerprint density at radius 3 is 2.41 bits per heavy atom. The highest BCUT2D eigenvalue weighted by Crippen LogP contribution is 2.26. The van der Waals surface area contributed by atoms with Crippen molar-refractivity contribution in [3.05, 3.63) is 35.0 Å². The van der Waals surface area contributed by atoms with Gasteiger partial charge in [-0.05, 0) is 12.1 Å². The van der Waals surface area contributed by atoms with Crippen LogP contribution < -0.4 is 0 Å². The van der Waals surface area contributed by atoms with Gasteiger partial charge in [-0.2, -0.15) is 0 Å². The van der Waals surface area contributed by atoms with E-state index >= 15 is 0 Å². The van der Waals surface area contributed by atoms with E-state index in [4.69, 9.17) is 10.2 Å². The topological polar surface area (TPSA) is 100 Å². The first-order valence-corrected chi connectivity index (χ1v) is 5.30. The monoisotopic (exact) mass is 250 g/mol. The van der Waals surface area contributed by atoms with E-state index in [1.807, 2.05) is 0 Å². The zero-order chi connectivity index (χ0) is 12.4. The molecule has 2 N–H and O–H groups in total. The van der Waals surface area contributed by atoms with Gasteiger partial charge in [-0.3, -0.25) is 4.98 Å². The number of carbonyl (C=O) groups is 2. The fraction of sp³-hybridized carbons (Fsp3) is 0. The first-order chi connectivity index (χ1) is 8.09. The fourth-order valence-corrected chi connectivity index (χ4v) is 2.08. The molecule has 0 saturated heterocycles. The molecule has 0 amide bonds. The molecule has 0 bridgehead atoms. The number of rotatable bonds is 3. The summed E-state index contributed by atoms with van der Waals surface area (Å²) in [7, 11) is 0. The molecule has 7 heteroatoms. The molecule has 0 spiro atoms. The Balaban J connectivity index is 2.55. The Kier molecular flexibility index (Phi) is 2.84. The van der Waals surface area contributed by atoms with Crippen molar-refractivity contribution in [3.63, 3.8) is 0 Å². The number of pyridine rings is 1. The van der Waals surface area contributed by atoms with E-state index in [0.717, 1.165) is 11.3 Å². The second-order valence-corrected chi connectivity index (χ2v) is 4.02. The summed E-state index contributed by atoms with van der Waals surface area (Å²) in [4.78, 5) is 29.2. The lowest BCUT2D eigenvalue weighted by molar-refractivity contribution is 0.0651. The summed E-state index contributed by atoms with van der Waals surface area (Å²) in [6.07, 6.45) is 1.53. The van der Waals surface area contributed by atoms with Crippen molar-refractivity contribution in [2.24, 2.45) is 0 Å². The molecule has 2 rings (SSSR count). The molecule has 0 aliphatic carbocycles. The molecule has 0 fully saturated rings. The van der Waals surface area contributed by atoms with Crippen LogP contribution in [0.5, 0.6) is 0 Å². The number of hydrogen-bond donors (Lipinski definition) is 2. The highest BCUT2D eigenvalue weighted by atomic mass is 32.1. The summed E-state index contributed by atoms with van der Waals surface area (Å²) in [6.45, 7) is 0. The van der Waals surface area contributed by atoms with Crippen LogP contribution in [0.4, 0.5) is 0 Å². The van der Waals surface area contributed by atoms with Gasteiger partial charge in [-0.1, -0.05) is 6.07 Å². The highest BCUT2D eigenvalue weighted by molar-refractivity contribution is 7.17. The third kappa shape index (κ3) is 2.13. The second-order valence-electron chi connectivity index (χ2n) is 3.02. The van der Waals surface area contributed by atoms with E-state index in [-0.39, 0.29) is 9.88 Å². The Morgan fingerprint density at radius 1 is 1.18 bits per heavy atom. The van der Waals surface area contributed by atoms with Gasteiger partial charge in [-0.25, -0.2) is 14.6 Å². The number of aromatic carboxylic acids is 2. The largest absolute Gasteiger partial charge is 0.477 e. The summed E-state index contributed by atoms with van der Waals surface area (Å²) >= 11 is 0.795. The SMILES string of the molecule is O=C(O)c1nc(-c2ccccn2)sc1C(=O)O. The fourth-order valence-electron chi connectivity index (χ4n) is 1.21. The van der Waals surface area contributed by atoms with Crippen LogP contribution in [0.3, 0.4) is 0 Å². The van der Waals surface area contributed by atoms with Crippen LogP contribution in [0.1, 0.15) is 20.2 Å². The average Bonchev–Trinajstić information content (AvgIpc) is 2.75. The van der Waals surface area contributed by atoms with Crippen LogP contribution in [0.15, 0.2) is 24.4 Å². The van der Waals surface area contributed by atoms with E-state index in [0.29, 0.717) is 5.69 Å². The molecule has 0 aliphatic rings. The van der Waals surface area contributed by atoms with Crippen molar-refractivity contribution >= 4 is 23.3 Å². The third-order valence-corrected chi connectivity index (χ3v) is 2.97. The molecule has 86 valence electrons. The molecule has 17 heavy (non-hydrogen) atoms. The molecule has 2 aromatic rings. The summed E-state index contributed by atoms with van der Waals surface area (Å²) in [5.74, 6) is -2.66. The molecule has 0 atom stereocenters. The zero-order valence-electron chi connectivity index (χ0n) is 8.32. The van der Waals surface area contributed by atoms with Gasteiger partial charge in [0.15, 0.2) is 5.69 Å². The smallest absolute Gasteiger partial charge is 0.356 e.